The van der Waals surface area contributed by atoms with Gasteiger partial charge in [-0.25, -0.2) is 4.98 Å². The molecule has 0 saturated heterocycles. The van der Waals surface area contributed by atoms with Gasteiger partial charge in [0.25, 0.3) is 0 Å². The van der Waals surface area contributed by atoms with E-state index >= 15 is 0 Å². The molecule has 0 fully saturated rings. The smallest absolute Gasteiger partial charge is 0.236 e. The minimum Gasteiger partial charge on any atom is -0.285 e. The molecule has 0 unspecified atom stereocenters. The zero-order valence-electron chi connectivity index (χ0n) is 17.9. The molecule has 1 heterocycles. The van der Waals surface area contributed by atoms with Crippen LogP contribution < -0.4 is 10.4 Å². The van der Waals surface area contributed by atoms with Gasteiger partial charge in [-0.3, -0.25) is 9.59 Å². The molecular formula is C27H25NO2. The molecule has 30 heavy (non-hydrogen) atoms. The summed E-state index contributed by atoms with van der Waals surface area (Å²) in [6.07, 6.45) is 4.20. The zero-order chi connectivity index (χ0) is 21.4. The standard InChI is InChI=1S/C27H25NO2/c1-5-6-11-19-12-7-8-13-20(19)16(2)23-18(4)25-24(27(30)26(23)29)17(3)21-14-9-10-15-22(21)28-25/h7-15H,5-6H2,1-4H3/b19-11-,20-16-. The van der Waals surface area contributed by atoms with Crippen molar-refractivity contribution in [2.75, 3.05) is 0 Å². The topological polar surface area (TPSA) is 47.0 Å². The highest BCUT2D eigenvalue weighted by Gasteiger charge is 2.34. The SMILES string of the molecule is CCC/C=c1/cccc/c1=C(\C)C1=C(C)c2nc3ccccc3c(C)c2C(=O)C1=O. The molecule has 150 valence electrons. The van der Waals surface area contributed by atoms with Crippen LogP contribution in [0.3, 0.4) is 0 Å². The molecule has 3 aromatic rings. The van der Waals surface area contributed by atoms with Crippen molar-refractivity contribution in [3.05, 3.63) is 81.4 Å². The lowest BCUT2D eigenvalue weighted by molar-refractivity contribution is -0.111. The number of para-hydroxylation sites is 1. The molecule has 2 aromatic carbocycles. The number of nitrogens with zero attached hydrogens (tertiary/aromatic N) is 1. The second-order valence-corrected chi connectivity index (χ2v) is 7.84. The van der Waals surface area contributed by atoms with Gasteiger partial charge < -0.3 is 0 Å². The van der Waals surface area contributed by atoms with E-state index in [0.717, 1.165) is 50.9 Å². The molecule has 4 rings (SSSR count). The van der Waals surface area contributed by atoms with E-state index in [9.17, 15) is 9.59 Å². The summed E-state index contributed by atoms with van der Waals surface area (Å²) in [5, 5.41) is 2.99. The van der Waals surface area contributed by atoms with Gasteiger partial charge in [-0.1, -0.05) is 61.9 Å². The fraction of sp³-hybridized carbons (Fsp3) is 0.222. The van der Waals surface area contributed by atoms with E-state index in [-0.39, 0.29) is 0 Å². The third-order valence-electron chi connectivity index (χ3n) is 5.94. The number of benzene rings is 2. The van der Waals surface area contributed by atoms with Crippen LogP contribution in [0.15, 0.2) is 54.1 Å². The Bertz CT molecular complexity index is 1360. The highest BCUT2D eigenvalue weighted by atomic mass is 16.2. The van der Waals surface area contributed by atoms with E-state index in [2.05, 4.69) is 19.1 Å². The molecule has 1 aromatic heterocycles. The van der Waals surface area contributed by atoms with Crippen LogP contribution in [-0.4, -0.2) is 16.6 Å². The van der Waals surface area contributed by atoms with E-state index in [1.807, 2.05) is 63.2 Å². The normalized spacial score (nSPS) is 15.7. The minimum atomic E-state index is -0.462. The third kappa shape index (κ3) is 3.11. The van der Waals surface area contributed by atoms with Gasteiger partial charge in [0, 0.05) is 11.0 Å². The number of ketones is 2. The molecule has 1 aliphatic carbocycles. The van der Waals surface area contributed by atoms with Crippen LogP contribution in [-0.2, 0) is 4.79 Å². The molecule has 0 atom stereocenters. The fourth-order valence-corrected chi connectivity index (χ4v) is 4.34. The Morgan fingerprint density at radius 1 is 0.967 bits per heavy atom. The number of pyridine rings is 1. The number of aromatic nitrogens is 1. The van der Waals surface area contributed by atoms with E-state index < -0.39 is 11.6 Å². The predicted molar refractivity (Wildman–Crippen MR) is 123 cm³/mol. The molecule has 0 spiro atoms. The number of rotatable bonds is 3. The van der Waals surface area contributed by atoms with Crippen molar-refractivity contribution in [3.63, 3.8) is 0 Å². The number of Topliss-reactive ketones (excluding diaryl/α,β-unsaturated/α-hetero) is 2. The van der Waals surface area contributed by atoms with E-state index in [1.165, 1.54) is 0 Å². The Morgan fingerprint density at radius 3 is 2.43 bits per heavy atom. The first-order valence-electron chi connectivity index (χ1n) is 10.4. The molecule has 0 radical (unpaired) electrons. The Labute approximate surface area is 176 Å². The van der Waals surface area contributed by atoms with Crippen LogP contribution in [0.2, 0.25) is 0 Å². The number of fused-ring (bicyclic) bond motifs is 2. The van der Waals surface area contributed by atoms with Gasteiger partial charge in [0.15, 0.2) is 0 Å². The number of carbonyl (C=O) groups is 2. The Kier molecular flexibility index (Phi) is 5.21. The lowest BCUT2D eigenvalue weighted by atomic mass is 9.81. The minimum absolute atomic E-state index is 0.442. The maximum Gasteiger partial charge on any atom is 0.236 e. The third-order valence-corrected chi connectivity index (χ3v) is 5.94. The largest absolute Gasteiger partial charge is 0.285 e. The first-order chi connectivity index (χ1) is 14.5. The number of hydrogen-bond donors (Lipinski definition) is 0. The highest BCUT2D eigenvalue weighted by molar-refractivity contribution is 6.55. The summed E-state index contributed by atoms with van der Waals surface area (Å²) in [7, 11) is 0. The summed E-state index contributed by atoms with van der Waals surface area (Å²) in [5.41, 5.74) is 4.80. The van der Waals surface area contributed by atoms with Crippen molar-refractivity contribution in [1.29, 1.82) is 0 Å². The summed E-state index contributed by atoms with van der Waals surface area (Å²) in [6.45, 7) is 7.88. The Morgan fingerprint density at radius 2 is 1.67 bits per heavy atom. The predicted octanol–water partition coefficient (Wildman–Crippen LogP) is 4.53. The van der Waals surface area contributed by atoms with Crippen molar-refractivity contribution >= 4 is 39.7 Å². The molecule has 0 aliphatic heterocycles. The van der Waals surface area contributed by atoms with Gasteiger partial charge in [-0.05, 0) is 60.4 Å². The Hall–Kier alpha value is -3.33. The lowest BCUT2D eigenvalue weighted by Crippen LogP contribution is -2.31. The molecule has 0 amide bonds. The second-order valence-electron chi connectivity index (χ2n) is 7.84. The Balaban J connectivity index is 2.07. The average molecular weight is 396 g/mol. The molecule has 3 nitrogen and oxygen atoms in total. The summed E-state index contributed by atoms with van der Waals surface area (Å²) >= 11 is 0. The van der Waals surface area contributed by atoms with Crippen molar-refractivity contribution in [1.82, 2.24) is 4.98 Å². The number of aryl methyl sites for hydroxylation is 1. The monoisotopic (exact) mass is 395 g/mol. The maximum atomic E-state index is 13.3. The summed E-state index contributed by atoms with van der Waals surface area (Å²) in [4.78, 5) is 31.2. The van der Waals surface area contributed by atoms with Gasteiger partial charge in [-0.15, -0.1) is 0 Å². The van der Waals surface area contributed by atoms with Crippen molar-refractivity contribution in [2.24, 2.45) is 0 Å². The van der Waals surface area contributed by atoms with Crippen molar-refractivity contribution in [2.45, 2.75) is 40.5 Å². The summed E-state index contributed by atoms with van der Waals surface area (Å²) < 4.78 is 0. The lowest BCUT2D eigenvalue weighted by Gasteiger charge is -2.22. The van der Waals surface area contributed by atoms with Crippen LogP contribution in [0.1, 0.15) is 55.2 Å². The quantitative estimate of drug-likeness (QED) is 0.612. The first kappa shape index (κ1) is 20.0. The van der Waals surface area contributed by atoms with Gasteiger partial charge in [0.05, 0.1) is 16.8 Å². The van der Waals surface area contributed by atoms with Crippen molar-refractivity contribution in [3.8, 4) is 0 Å². The van der Waals surface area contributed by atoms with Crippen LogP contribution in [0.4, 0.5) is 0 Å². The summed E-state index contributed by atoms with van der Waals surface area (Å²) in [6, 6.07) is 15.8. The fourth-order valence-electron chi connectivity index (χ4n) is 4.34. The number of allylic oxidation sites excluding steroid dienone is 2. The second kappa shape index (κ2) is 7.83. The highest BCUT2D eigenvalue weighted by Crippen LogP contribution is 2.35. The molecule has 0 saturated carbocycles. The maximum absolute atomic E-state index is 13.3. The number of carbonyl (C=O) groups excluding carboxylic acids is 2. The molecule has 0 bridgehead atoms. The zero-order valence-corrected chi connectivity index (χ0v) is 17.9. The molecular weight excluding hydrogens is 370 g/mol. The van der Waals surface area contributed by atoms with Crippen LogP contribution in [0, 0.1) is 6.92 Å². The molecule has 1 aliphatic rings. The average Bonchev–Trinajstić information content (AvgIpc) is 2.76. The van der Waals surface area contributed by atoms with E-state index in [1.54, 1.807) is 0 Å². The number of unbranched alkanes of at least 4 members (excludes halogenated alkanes) is 1. The van der Waals surface area contributed by atoms with Gasteiger partial charge in [0.1, 0.15) is 0 Å². The molecule has 0 N–H and O–H groups in total. The van der Waals surface area contributed by atoms with Crippen LogP contribution in [0.5, 0.6) is 0 Å². The van der Waals surface area contributed by atoms with Crippen LogP contribution in [0.25, 0.3) is 28.1 Å². The van der Waals surface area contributed by atoms with Gasteiger partial charge >= 0.3 is 0 Å². The van der Waals surface area contributed by atoms with Gasteiger partial charge in [-0.2, -0.15) is 0 Å². The van der Waals surface area contributed by atoms with E-state index in [0.29, 0.717) is 16.8 Å². The van der Waals surface area contributed by atoms with Crippen LogP contribution >= 0.6 is 0 Å². The van der Waals surface area contributed by atoms with E-state index in [4.69, 9.17) is 4.98 Å². The van der Waals surface area contributed by atoms with Gasteiger partial charge in [0.2, 0.25) is 11.6 Å². The first-order valence-corrected chi connectivity index (χ1v) is 10.4. The van der Waals surface area contributed by atoms with Crippen molar-refractivity contribution < 1.29 is 9.59 Å². The molecule has 3 heteroatoms. The summed E-state index contributed by atoms with van der Waals surface area (Å²) in [5.74, 6) is -0.904. The number of hydrogen-bond acceptors (Lipinski definition) is 3.